The quantitative estimate of drug-likeness (QED) is 0.813. The summed E-state index contributed by atoms with van der Waals surface area (Å²) < 4.78 is 5.52. The van der Waals surface area contributed by atoms with Gasteiger partial charge >= 0.3 is 0 Å². The van der Waals surface area contributed by atoms with Gasteiger partial charge in [-0.25, -0.2) is 0 Å². The average Bonchev–Trinajstić information content (AvgIpc) is 2.25. The number of nitrogens with zero attached hydrogens (tertiary/aromatic N) is 1. The molecule has 2 N–H and O–H groups in total. The highest BCUT2D eigenvalue weighted by Gasteiger charge is 2.28. The summed E-state index contributed by atoms with van der Waals surface area (Å²) in [7, 11) is 0. The summed E-state index contributed by atoms with van der Waals surface area (Å²) in [4.78, 5) is 13.9. The summed E-state index contributed by atoms with van der Waals surface area (Å²) in [6.45, 7) is 9.73. The van der Waals surface area contributed by atoms with E-state index >= 15 is 0 Å². The Hall–Kier alpha value is -0.610. The number of hydrogen-bond acceptors (Lipinski definition) is 3. The molecule has 4 nitrogen and oxygen atoms in total. The van der Waals surface area contributed by atoms with E-state index < -0.39 is 0 Å². The maximum absolute atomic E-state index is 12.0. The number of piperidine rings is 1. The molecule has 1 amide bonds. The molecular formula is C13H26N2O2. The zero-order chi connectivity index (χ0) is 13.1. The van der Waals surface area contributed by atoms with Crippen molar-refractivity contribution in [3.63, 3.8) is 0 Å². The van der Waals surface area contributed by atoms with E-state index in [0.717, 1.165) is 25.9 Å². The van der Waals surface area contributed by atoms with E-state index in [4.69, 9.17) is 10.5 Å². The highest BCUT2D eigenvalue weighted by molar-refractivity contribution is 5.77. The molecule has 0 spiro atoms. The van der Waals surface area contributed by atoms with Crippen LogP contribution in [0.3, 0.4) is 0 Å². The van der Waals surface area contributed by atoms with Crippen molar-refractivity contribution in [2.75, 3.05) is 19.7 Å². The molecule has 4 heteroatoms. The van der Waals surface area contributed by atoms with Crippen molar-refractivity contribution in [3.05, 3.63) is 0 Å². The average molecular weight is 242 g/mol. The Morgan fingerprint density at radius 1 is 1.47 bits per heavy atom. The van der Waals surface area contributed by atoms with Gasteiger partial charge in [-0.1, -0.05) is 13.3 Å². The fraction of sp³-hybridized carbons (Fsp3) is 0.923. The second-order valence-electron chi connectivity index (χ2n) is 5.86. The molecule has 2 unspecified atom stereocenters. The van der Waals surface area contributed by atoms with E-state index in [1.165, 1.54) is 0 Å². The molecule has 1 aliphatic heterocycles. The lowest BCUT2D eigenvalue weighted by atomic mass is 9.91. The Balaban J connectivity index is 2.42. The van der Waals surface area contributed by atoms with Gasteiger partial charge in [0.2, 0.25) is 5.91 Å². The molecule has 1 aliphatic rings. The van der Waals surface area contributed by atoms with Crippen molar-refractivity contribution in [1.29, 1.82) is 0 Å². The monoisotopic (exact) mass is 242 g/mol. The van der Waals surface area contributed by atoms with Gasteiger partial charge in [-0.2, -0.15) is 0 Å². The minimum Gasteiger partial charge on any atom is -0.366 e. The first kappa shape index (κ1) is 14.5. The molecule has 1 saturated heterocycles. The van der Waals surface area contributed by atoms with Gasteiger partial charge in [0.15, 0.2) is 0 Å². The summed E-state index contributed by atoms with van der Waals surface area (Å²) in [6.07, 6.45) is 1.94. The standard InChI is InChI=1S/C13H26N2O2/c1-5-10-8-15(7-6-11(10)14)12(16)9-17-13(2,3)4/h10-11H,5-9,14H2,1-4H3. The first-order chi connectivity index (χ1) is 7.83. The van der Waals surface area contributed by atoms with E-state index in [-0.39, 0.29) is 24.2 Å². The second kappa shape index (κ2) is 5.83. The van der Waals surface area contributed by atoms with Crippen LogP contribution in [0.25, 0.3) is 0 Å². The number of hydrogen-bond donors (Lipinski definition) is 1. The first-order valence-corrected chi connectivity index (χ1v) is 6.51. The van der Waals surface area contributed by atoms with E-state index in [0.29, 0.717) is 5.92 Å². The predicted molar refractivity (Wildman–Crippen MR) is 68.7 cm³/mol. The van der Waals surface area contributed by atoms with Gasteiger partial charge < -0.3 is 15.4 Å². The van der Waals surface area contributed by atoms with Gasteiger partial charge in [0.25, 0.3) is 0 Å². The van der Waals surface area contributed by atoms with Crippen LogP contribution in [-0.2, 0) is 9.53 Å². The van der Waals surface area contributed by atoms with Gasteiger partial charge in [0.05, 0.1) is 5.60 Å². The van der Waals surface area contributed by atoms with Crippen LogP contribution in [0.5, 0.6) is 0 Å². The predicted octanol–water partition coefficient (Wildman–Crippen LogP) is 1.39. The molecule has 0 aliphatic carbocycles. The molecule has 0 bridgehead atoms. The third-order valence-corrected chi connectivity index (χ3v) is 3.30. The van der Waals surface area contributed by atoms with Gasteiger partial charge in [-0.15, -0.1) is 0 Å². The number of carbonyl (C=O) groups is 1. The van der Waals surface area contributed by atoms with Gasteiger partial charge in [0, 0.05) is 19.1 Å². The lowest BCUT2D eigenvalue weighted by molar-refractivity contribution is -0.143. The van der Waals surface area contributed by atoms with E-state index in [1.54, 1.807) is 0 Å². The minimum atomic E-state index is -0.258. The summed E-state index contributed by atoms with van der Waals surface area (Å²) in [5.41, 5.74) is 5.77. The topological polar surface area (TPSA) is 55.6 Å². The minimum absolute atomic E-state index is 0.0882. The zero-order valence-corrected chi connectivity index (χ0v) is 11.5. The fourth-order valence-corrected chi connectivity index (χ4v) is 2.08. The van der Waals surface area contributed by atoms with Crippen molar-refractivity contribution in [3.8, 4) is 0 Å². The van der Waals surface area contributed by atoms with Crippen LogP contribution >= 0.6 is 0 Å². The third kappa shape index (κ3) is 4.64. The maximum Gasteiger partial charge on any atom is 0.248 e. The molecule has 0 aromatic carbocycles. The van der Waals surface area contributed by atoms with Crippen LogP contribution in [0.2, 0.25) is 0 Å². The van der Waals surface area contributed by atoms with Crippen LogP contribution in [0, 0.1) is 5.92 Å². The van der Waals surface area contributed by atoms with Gasteiger partial charge in [-0.3, -0.25) is 4.79 Å². The Bertz CT molecular complexity index is 261. The normalized spacial score (nSPS) is 26.1. The molecule has 1 fully saturated rings. The molecule has 0 saturated carbocycles. The van der Waals surface area contributed by atoms with Crippen LogP contribution in [0.15, 0.2) is 0 Å². The van der Waals surface area contributed by atoms with E-state index in [2.05, 4.69) is 6.92 Å². The number of ether oxygens (including phenoxy) is 1. The van der Waals surface area contributed by atoms with Gasteiger partial charge in [0.1, 0.15) is 6.61 Å². The maximum atomic E-state index is 12.0. The van der Waals surface area contributed by atoms with Crippen LogP contribution < -0.4 is 5.73 Å². The Morgan fingerprint density at radius 3 is 2.65 bits per heavy atom. The summed E-state index contributed by atoms with van der Waals surface area (Å²) in [6, 6.07) is 0.243. The Morgan fingerprint density at radius 2 is 2.12 bits per heavy atom. The highest BCUT2D eigenvalue weighted by atomic mass is 16.5. The molecule has 1 heterocycles. The highest BCUT2D eigenvalue weighted by Crippen LogP contribution is 2.19. The third-order valence-electron chi connectivity index (χ3n) is 3.30. The molecule has 1 rings (SSSR count). The number of likely N-dealkylation sites (tertiary alicyclic amines) is 1. The van der Waals surface area contributed by atoms with Crippen LogP contribution in [0.1, 0.15) is 40.5 Å². The Labute approximate surface area is 104 Å². The molecule has 0 aromatic heterocycles. The van der Waals surface area contributed by atoms with Crippen molar-refractivity contribution >= 4 is 5.91 Å². The molecular weight excluding hydrogens is 216 g/mol. The van der Waals surface area contributed by atoms with E-state index in [1.807, 2.05) is 25.7 Å². The molecule has 100 valence electrons. The number of carbonyl (C=O) groups excluding carboxylic acids is 1. The summed E-state index contributed by atoms with van der Waals surface area (Å²) >= 11 is 0. The van der Waals surface area contributed by atoms with Crippen molar-refractivity contribution in [2.45, 2.75) is 52.2 Å². The second-order valence-corrected chi connectivity index (χ2v) is 5.86. The van der Waals surface area contributed by atoms with Crippen molar-refractivity contribution < 1.29 is 9.53 Å². The summed E-state index contributed by atoms with van der Waals surface area (Å²) in [5.74, 6) is 0.521. The van der Waals surface area contributed by atoms with E-state index in [9.17, 15) is 4.79 Å². The molecule has 2 atom stereocenters. The Kier molecular flexibility index (Phi) is 4.95. The SMILES string of the molecule is CCC1CN(C(=O)COC(C)(C)C)CCC1N. The fourth-order valence-electron chi connectivity index (χ4n) is 2.08. The lowest BCUT2D eigenvalue weighted by Gasteiger charge is -2.36. The molecule has 17 heavy (non-hydrogen) atoms. The number of amides is 1. The largest absolute Gasteiger partial charge is 0.366 e. The van der Waals surface area contributed by atoms with Crippen LogP contribution in [-0.4, -0.2) is 42.1 Å². The molecule has 0 radical (unpaired) electrons. The van der Waals surface area contributed by atoms with Crippen LogP contribution in [0.4, 0.5) is 0 Å². The van der Waals surface area contributed by atoms with Crippen molar-refractivity contribution in [2.24, 2.45) is 11.7 Å². The lowest BCUT2D eigenvalue weighted by Crippen LogP contribution is -2.50. The number of rotatable bonds is 3. The van der Waals surface area contributed by atoms with Crippen molar-refractivity contribution in [1.82, 2.24) is 4.90 Å². The summed E-state index contributed by atoms with van der Waals surface area (Å²) in [5, 5.41) is 0. The van der Waals surface area contributed by atoms with Gasteiger partial charge in [-0.05, 0) is 33.1 Å². The molecule has 0 aromatic rings. The zero-order valence-electron chi connectivity index (χ0n) is 11.5. The smallest absolute Gasteiger partial charge is 0.248 e. The number of nitrogens with two attached hydrogens (primary N) is 1. The first-order valence-electron chi connectivity index (χ1n) is 6.51.